The lowest BCUT2D eigenvalue weighted by atomic mass is 10.3. The molecule has 12 heteroatoms. The summed E-state index contributed by atoms with van der Waals surface area (Å²) in [5.74, 6) is -0.548. The van der Waals surface area contributed by atoms with Crippen LogP contribution in [0.2, 0.25) is 0 Å². The van der Waals surface area contributed by atoms with Crippen molar-refractivity contribution >= 4 is 34.6 Å². The van der Waals surface area contributed by atoms with Crippen molar-refractivity contribution in [2.24, 2.45) is 0 Å². The molecule has 3 aromatic carbocycles. The minimum Gasteiger partial charge on any atom is -0.480 e. The number of nitrogens with one attached hydrogen (secondary N) is 2. The number of anilines is 2. The fraction of sp³-hybridized carbons (Fsp3) is 0.0909. The van der Waals surface area contributed by atoms with Crippen LogP contribution < -0.4 is 20.1 Å². The smallest absolute Gasteiger partial charge is 0.269 e. The van der Waals surface area contributed by atoms with Crippen molar-refractivity contribution in [3.05, 3.63) is 93.0 Å². The number of amides is 2. The summed E-state index contributed by atoms with van der Waals surface area (Å²) in [6.45, 7) is -0.737. The van der Waals surface area contributed by atoms with Crippen LogP contribution in [0.15, 0.2) is 72.8 Å². The van der Waals surface area contributed by atoms with Gasteiger partial charge in [-0.25, -0.2) is 0 Å². The average molecular weight is 466 g/mol. The summed E-state index contributed by atoms with van der Waals surface area (Å²) in [6.07, 6.45) is 0. The Morgan fingerprint density at radius 2 is 1.00 bits per heavy atom. The Bertz CT molecular complexity index is 1100. The number of hydrogen-bond acceptors (Lipinski definition) is 8. The maximum absolute atomic E-state index is 12.1. The molecular formula is C22H18N4O8. The molecule has 0 saturated carbocycles. The Balaban J connectivity index is 1.50. The van der Waals surface area contributed by atoms with Gasteiger partial charge in [0.25, 0.3) is 23.2 Å². The maximum atomic E-state index is 12.1. The van der Waals surface area contributed by atoms with Crippen LogP contribution in [0, 0.1) is 20.2 Å². The fourth-order valence-corrected chi connectivity index (χ4v) is 2.70. The highest BCUT2D eigenvalue weighted by Crippen LogP contribution is 2.26. The van der Waals surface area contributed by atoms with Crippen molar-refractivity contribution in [2.45, 2.75) is 0 Å². The largest absolute Gasteiger partial charge is 0.480 e. The molecule has 12 nitrogen and oxygen atoms in total. The second kappa shape index (κ2) is 11.0. The SMILES string of the molecule is O=C(COc1ccccc1OCC(=O)Nc1ccc([N+](=O)[O-])cc1)Nc1ccc([N+](=O)[O-])cc1. The highest BCUT2D eigenvalue weighted by molar-refractivity contribution is 5.92. The molecule has 0 spiro atoms. The number of nitro benzene ring substituents is 2. The van der Waals surface area contributed by atoms with Gasteiger partial charge >= 0.3 is 0 Å². The van der Waals surface area contributed by atoms with Gasteiger partial charge in [0.05, 0.1) is 9.85 Å². The second-order valence-corrected chi connectivity index (χ2v) is 6.73. The van der Waals surface area contributed by atoms with Crippen molar-refractivity contribution in [1.29, 1.82) is 0 Å². The Kier molecular flexibility index (Phi) is 7.68. The first-order valence-electron chi connectivity index (χ1n) is 9.75. The topological polar surface area (TPSA) is 163 Å². The van der Waals surface area contributed by atoms with Crippen molar-refractivity contribution in [2.75, 3.05) is 23.8 Å². The van der Waals surface area contributed by atoms with E-state index in [1.54, 1.807) is 24.3 Å². The number of benzene rings is 3. The summed E-state index contributed by atoms with van der Waals surface area (Å²) in [7, 11) is 0. The molecule has 0 aromatic heterocycles. The first-order valence-corrected chi connectivity index (χ1v) is 9.75. The van der Waals surface area contributed by atoms with Crippen molar-refractivity contribution in [1.82, 2.24) is 0 Å². The monoisotopic (exact) mass is 466 g/mol. The zero-order chi connectivity index (χ0) is 24.5. The molecule has 0 bridgehead atoms. The van der Waals surface area contributed by atoms with Gasteiger partial charge < -0.3 is 20.1 Å². The first-order chi connectivity index (χ1) is 16.3. The van der Waals surface area contributed by atoms with E-state index in [0.717, 1.165) is 0 Å². The van der Waals surface area contributed by atoms with Gasteiger partial charge in [-0.05, 0) is 36.4 Å². The zero-order valence-electron chi connectivity index (χ0n) is 17.5. The van der Waals surface area contributed by atoms with E-state index in [1.807, 2.05) is 0 Å². The molecule has 0 fully saturated rings. The molecule has 0 heterocycles. The van der Waals surface area contributed by atoms with E-state index >= 15 is 0 Å². The van der Waals surface area contributed by atoms with Gasteiger partial charge in [-0.3, -0.25) is 29.8 Å². The lowest BCUT2D eigenvalue weighted by Crippen LogP contribution is -2.22. The summed E-state index contributed by atoms with van der Waals surface area (Å²) in [4.78, 5) is 44.6. The number of para-hydroxylation sites is 2. The number of non-ortho nitro benzene ring substituents is 2. The van der Waals surface area contributed by atoms with Crippen LogP contribution in [0.25, 0.3) is 0 Å². The van der Waals surface area contributed by atoms with Crippen LogP contribution in [0.4, 0.5) is 22.7 Å². The molecule has 0 aliphatic rings. The Labute approximate surface area is 192 Å². The molecule has 0 radical (unpaired) electrons. The second-order valence-electron chi connectivity index (χ2n) is 6.73. The summed E-state index contributed by atoms with van der Waals surface area (Å²) in [6, 6.07) is 17.1. The van der Waals surface area contributed by atoms with Crippen LogP contribution in [-0.4, -0.2) is 34.9 Å². The number of carbonyl (C=O) groups is 2. The van der Waals surface area contributed by atoms with Gasteiger partial charge in [-0.15, -0.1) is 0 Å². The van der Waals surface area contributed by atoms with Crippen molar-refractivity contribution < 1.29 is 28.9 Å². The average Bonchev–Trinajstić information content (AvgIpc) is 2.82. The van der Waals surface area contributed by atoms with E-state index in [9.17, 15) is 29.8 Å². The predicted octanol–water partition coefficient (Wildman–Crippen LogP) is 3.54. The summed E-state index contributed by atoms with van der Waals surface area (Å²) in [5, 5.41) is 26.5. The normalized spacial score (nSPS) is 10.1. The molecule has 0 atom stereocenters. The van der Waals surface area contributed by atoms with E-state index in [4.69, 9.17) is 9.47 Å². The zero-order valence-corrected chi connectivity index (χ0v) is 17.5. The van der Waals surface area contributed by atoms with Crippen LogP contribution in [0.5, 0.6) is 11.5 Å². The third-order valence-electron chi connectivity index (χ3n) is 4.29. The van der Waals surface area contributed by atoms with E-state index in [2.05, 4.69) is 10.6 Å². The van der Waals surface area contributed by atoms with E-state index in [0.29, 0.717) is 11.4 Å². The van der Waals surface area contributed by atoms with Crippen LogP contribution >= 0.6 is 0 Å². The molecule has 0 aliphatic carbocycles. The Morgan fingerprint density at radius 1 is 0.647 bits per heavy atom. The highest BCUT2D eigenvalue weighted by Gasteiger charge is 2.12. The molecule has 3 aromatic rings. The van der Waals surface area contributed by atoms with Gasteiger partial charge in [0.2, 0.25) is 0 Å². The number of ether oxygens (including phenoxy) is 2. The van der Waals surface area contributed by atoms with E-state index in [1.165, 1.54) is 48.5 Å². The van der Waals surface area contributed by atoms with Gasteiger partial charge in [0, 0.05) is 35.6 Å². The van der Waals surface area contributed by atoms with Crippen LogP contribution in [0.3, 0.4) is 0 Å². The lowest BCUT2D eigenvalue weighted by Gasteiger charge is -2.13. The minimum absolute atomic E-state index is 0.0991. The Hall–Kier alpha value is -5.00. The molecule has 2 amide bonds. The molecular weight excluding hydrogens is 448 g/mol. The Morgan fingerprint density at radius 3 is 1.32 bits per heavy atom. The maximum Gasteiger partial charge on any atom is 0.269 e. The van der Waals surface area contributed by atoms with Crippen LogP contribution in [-0.2, 0) is 9.59 Å². The molecule has 174 valence electrons. The molecule has 0 saturated heterocycles. The summed E-state index contributed by atoms with van der Waals surface area (Å²) < 4.78 is 11.0. The van der Waals surface area contributed by atoms with Crippen LogP contribution in [0.1, 0.15) is 0 Å². The fourth-order valence-electron chi connectivity index (χ4n) is 2.70. The summed E-state index contributed by atoms with van der Waals surface area (Å²) in [5.41, 5.74) is 0.536. The molecule has 34 heavy (non-hydrogen) atoms. The first kappa shape index (κ1) is 23.7. The predicted molar refractivity (Wildman–Crippen MR) is 121 cm³/mol. The number of nitrogens with zero attached hydrogens (tertiary/aromatic N) is 2. The third kappa shape index (κ3) is 6.75. The lowest BCUT2D eigenvalue weighted by molar-refractivity contribution is -0.385. The van der Waals surface area contributed by atoms with Gasteiger partial charge in [0.15, 0.2) is 24.7 Å². The standard InChI is InChI=1S/C22H18N4O8/c27-21(23-15-5-9-17(10-6-15)25(29)30)13-33-19-3-1-2-4-20(19)34-14-22(28)24-16-7-11-18(12-8-16)26(31)32/h1-12H,13-14H2,(H,23,27)(H,24,28). The van der Waals surface area contributed by atoms with Gasteiger partial charge in [0.1, 0.15) is 0 Å². The van der Waals surface area contributed by atoms with Gasteiger partial charge in [-0.2, -0.15) is 0 Å². The quantitative estimate of drug-likeness (QED) is 0.338. The van der Waals surface area contributed by atoms with Crippen molar-refractivity contribution in [3.63, 3.8) is 0 Å². The van der Waals surface area contributed by atoms with Crippen molar-refractivity contribution in [3.8, 4) is 11.5 Å². The molecule has 0 aliphatic heterocycles. The van der Waals surface area contributed by atoms with E-state index in [-0.39, 0.29) is 36.1 Å². The van der Waals surface area contributed by atoms with Gasteiger partial charge in [-0.1, -0.05) is 12.1 Å². The molecule has 0 unspecified atom stereocenters. The number of nitro groups is 2. The summed E-state index contributed by atoms with van der Waals surface area (Å²) >= 11 is 0. The van der Waals surface area contributed by atoms with E-state index < -0.39 is 21.7 Å². The number of rotatable bonds is 10. The number of carbonyl (C=O) groups excluding carboxylic acids is 2. The third-order valence-corrected chi connectivity index (χ3v) is 4.29. The highest BCUT2D eigenvalue weighted by atomic mass is 16.6. The number of hydrogen-bond donors (Lipinski definition) is 2. The minimum atomic E-state index is -0.544. The molecule has 2 N–H and O–H groups in total. The molecule has 3 rings (SSSR count).